The van der Waals surface area contributed by atoms with E-state index in [1.807, 2.05) is 22.4 Å². The number of nitrogens with one attached hydrogen (secondary N) is 2. The molecule has 8 heteroatoms. The molecule has 6 nitrogen and oxygen atoms in total. The average molecular weight is 403 g/mol. The van der Waals surface area contributed by atoms with E-state index in [0.717, 1.165) is 17.8 Å². The Kier molecular flexibility index (Phi) is 5.47. The molecule has 0 bridgehead atoms. The molecule has 0 unspecified atom stereocenters. The van der Waals surface area contributed by atoms with Gasteiger partial charge in [0.15, 0.2) is 0 Å². The first-order valence-electron chi connectivity index (χ1n) is 9.40. The van der Waals surface area contributed by atoms with Crippen LogP contribution in [0.5, 0.6) is 5.75 Å². The second kappa shape index (κ2) is 8.18. The van der Waals surface area contributed by atoms with Crippen molar-refractivity contribution in [2.24, 2.45) is 11.8 Å². The van der Waals surface area contributed by atoms with E-state index in [0.29, 0.717) is 37.6 Å². The summed E-state index contributed by atoms with van der Waals surface area (Å²) in [5.74, 6) is 0.253. The minimum atomic E-state index is -0.414. The lowest BCUT2D eigenvalue weighted by Crippen LogP contribution is -2.46. The van der Waals surface area contributed by atoms with Gasteiger partial charge in [0.1, 0.15) is 11.6 Å². The number of likely N-dealkylation sites (tertiary alicyclic amines) is 1. The monoisotopic (exact) mass is 403 g/mol. The van der Waals surface area contributed by atoms with Crippen molar-refractivity contribution in [2.45, 2.75) is 19.3 Å². The summed E-state index contributed by atoms with van der Waals surface area (Å²) >= 11 is 1.49. The van der Waals surface area contributed by atoms with E-state index in [1.54, 1.807) is 0 Å². The first-order chi connectivity index (χ1) is 13.6. The molecule has 2 aliphatic heterocycles. The number of nitrogens with zero attached hydrogens (tertiary/aromatic N) is 1. The van der Waals surface area contributed by atoms with Crippen LogP contribution in [0.2, 0.25) is 0 Å². The number of carbonyl (C=O) groups is 2. The van der Waals surface area contributed by atoms with Gasteiger partial charge in [0.2, 0.25) is 5.91 Å². The third kappa shape index (κ3) is 4.27. The Labute approximate surface area is 166 Å². The highest BCUT2D eigenvalue weighted by Crippen LogP contribution is 2.33. The van der Waals surface area contributed by atoms with Gasteiger partial charge < -0.3 is 15.0 Å². The predicted octanol–water partition coefficient (Wildman–Crippen LogP) is 4.17. The van der Waals surface area contributed by atoms with E-state index in [9.17, 15) is 14.0 Å². The summed E-state index contributed by atoms with van der Waals surface area (Å²) in [5.41, 5.74) is 0.371. The maximum atomic E-state index is 13.5. The molecular weight excluding hydrogens is 381 g/mol. The van der Waals surface area contributed by atoms with Gasteiger partial charge in [-0.1, -0.05) is 0 Å². The second-order valence-corrected chi connectivity index (χ2v) is 8.14. The lowest BCUT2D eigenvalue weighted by atomic mass is 9.81. The van der Waals surface area contributed by atoms with Crippen molar-refractivity contribution < 1.29 is 18.7 Å². The Bertz CT molecular complexity index is 858. The van der Waals surface area contributed by atoms with Crippen molar-refractivity contribution in [1.29, 1.82) is 0 Å². The summed E-state index contributed by atoms with van der Waals surface area (Å²) in [6.07, 6.45) is 1.85. The lowest BCUT2D eigenvalue weighted by Gasteiger charge is -2.38. The molecule has 148 valence electrons. The highest BCUT2D eigenvalue weighted by molar-refractivity contribution is 7.14. The summed E-state index contributed by atoms with van der Waals surface area (Å²) in [5, 5.41) is 8.44. The minimum Gasteiger partial charge on any atom is -0.491 e. The highest BCUT2D eigenvalue weighted by Gasteiger charge is 2.33. The van der Waals surface area contributed by atoms with Crippen molar-refractivity contribution in [1.82, 2.24) is 4.90 Å². The van der Waals surface area contributed by atoms with Gasteiger partial charge in [0.05, 0.1) is 17.3 Å². The molecule has 1 fully saturated rings. The molecular formula is C20H22FN3O3S. The van der Waals surface area contributed by atoms with Crippen LogP contribution in [-0.2, 0) is 4.79 Å². The Morgan fingerprint density at radius 3 is 3.00 bits per heavy atom. The molecule has 3 amide bonds. The van der Waals surface area contributed by atoms with Crippen LogP contribution in [0, 0.1) is 17.7 Å². The molecule has 0 radical (unpaired) electrons. The van der Waals surface area contributed by atoms with Gasteiger partial charge in [0, 0.05) is 25.6 Å². The lowest BCUT2D eigenvalue weighted by molar-refractivity contribution is -0.118. The van der Waals surface area contributed by atoms with Crippen LogP contribution in [-0.4, -0.2) is 36.5 Å². The SMILES string of the molecule is O=C1C[C@@H]2CCN(C(=O)Nc3cccs3)C[C@@H]2CCOc2ccc(F)cc2N1. The number of halogens is 1. The fourth-order valence-corrected chi connectivity index (χ4v) is 4.49. The zero-order chi connectivity index (χ0) is 19.5. The van der Waals surface area contributed by atoms with Gasteiger partial charge >= 0.3 is 6.03 Å². The number of fused-ring (bicyclic) bond motifs is 2. The predicted molar refractivity (Wildman–Crippen MR) is 106 cm³/mol. The number of hydrogen-bond donors (Lipinski definition) is 2. The zero-order valence-corrected chi connectivity index (χ0v) is 16.1. The highest BCUT2D eigenvalue weighted by atomic mass is 32.1. The summed E-state index contributed by atoms with van der Waals surface area (Å²) in [6.45, 7) is 1.66. The molecule has 2 atom stereocenters. The number of rotatable bonds is 1. The third-order valence-electron chi connectivity index (χ3n) is 5.34. The van der Waals surface area contributed by atoms with E-state index >= 15 is 0 Å². The maximum Gasteiger partial charge on any atom is 0.322 e. The number of anilines is 2. The standard InChI is InChI=1S/C20H22FN3O3S/c21-15-3-4-17-16(11-15)22-18(25)10-13-5-7-24(12-14(13)6-8-27-17)20(26)23-19-2-1-9-28-19/h1-4,9,11,13-14H,5-8,10,12H2,(H,22,25)(H,23,26)/t13-,14-/m0/s1. The van der Waals surface area contributed by atoms with Gasteiger partial charge in [-0.3, -0.25) is 10.1 Å². The molecule has 4 rings (SSSR count). The number of benzene rings is 1. The van der Waals surface area contributed by atoms with Crippen molar-refractivity contribution in [2.75, 3.05) is 30.3 Å². The minimum absolute atomic E-state index is 0.107. The van der Waals surface area contributed by atoms with Crippen molar-refractivity contribution in [3.63, 3.8) is 0 Å². The average Bonchev–Trinajstić information content (AvgIpc) is 3.17. The van der Waals surface area contributed by atoms with E-state index in [4.69, 9.17) is 4.74 Å². The molecule has 1 aromatic heterocycles. The van der Waals surface area contributed by atoms with Gasteiger partial charge in [-0.25, -0.2) is 9.18 Å². The summed E-state index contributed by atoms with van der Waals surface area (Å²) in [7, 11) is 0. The van der Waals surface area contributed by atoms with Crippen molar-refractivity contribution in [3.8, 4) is 5.75 Å². The second-order valence-electron chi connectivity index (χ2n) is 7.19. The van der Waals surface area contributed by atoms with Gasteiger partial charge in [-0.15, -0.1) is 11.3 Å². The molecule has 1 saturated heterocycles. The van der Waals surface area contributed by atoms with Crippen molar-refractivity contribution in [3.05, 3.63) is 41.5 Å². The van der Waals surface area contributed by atoms with E-state index in [-0.39, 0.29) is 23.8 Å². The molecule has 0 aliphatic carbocycles. The summed E-state index contributed by atoms with van der Waals surface area (Å²) < 4.78 is 19.3. The molecule has 28 heavy (non-hydrogen) atoms. The first-order valence-corrected chi connectivity index (χ1v) is 10.3. The molecule has 2 N–H and O–H groups in total. The summed E-state index contributed by atoms with van der Waals surface area (Å²) in [6, 6.07) is 7.79. The van der Waals surface area contributed by atoms with Crippen LogP contribution in [0.15, 0.2) is 35.7 Å². The van der Waals surface area contributed by atoms with Crippen LogP contribution >= 0.6 is 11.3 Å². The number of ether oxygens (including phenoxy) is 1. The maximum absolute atomic E-state index is 13.5. The van der Waals surface area contributed by atoms with Crippen LogP contribution in [0.3, 0.4) is 0 Å². The molecule has 3 heterocycles. The number of piperidine rings is 1. The van der Waals surface area contributed by atoms with Gasteiger partial charge in [-0.05, 0) is 54.3 Å². The molecule has 0 saturated carbocycles. The first kappa shape index (κ1) is 18.7. The fraction of sp³-hybridized carbons (Fsp3) is 0.400. The third-order valence-corrected chi connectivity index (χ3v) is 6.12. The quantitative estimate of drug-likeness (QED) is 0.751. The van der Waals surface area contributed by atoms with Crippen LogP contribution in [0.1, 0.15) is 19.3 Å². The number of urea groups is 1. The smallest absolute Gasteiger partial charge is 0.322 e. The van der Waals surface area contributed by atoms with Crippen LogP contribution in [0.25, 0.3) is 0 Å². The Morgan fingerprint density at radius 2 is 2.18 bits per heavy atom. The fourth-order valence-electron chi connectivity index (χ4n) is 3.88. The van der Waals surface area contributed by atoms with E-state index < -0.39 is 5.82 Å². The van der Waals surface area contributed by atoms with E-state index in [1.165, 1.54) is 29.5 Å². The molecule has 1 aromatic carbocycles. The summed E-state index contributed by atoms with van der Waals surface area (Å²) in [4.78, 5) is 26.8. The number of hydrogen-bond acceptors (Lipinski definition) is 4. The van der Waals surface area contributed by atoms with Crippen LogP contribution < -0.4 is 15.4 Å². The number of amides is 3. The Morgan fingerprint density at radius 1 is 1.29 bits per heavy atom. The number of thiophene rings is 1. The Balaban J connectivity index is 1.44. The van der Waals surface area contributed by atoms with E-state index in [2.05, 4.69) is 10.6 Å². The topological polar surface area (TPSA) is 70.7 Å². The largest absolute Gasteiger partial charge is 0.491 e. The van der Waals surface area contributed by atoms with Crippen molar-refractivity contribution >= 4 is 34.0 Å². The molecule has 0 spiro atoms. The number of carbonyl (C=O) groups excluding carboxylic acids is 2. The van der Waals surface area contributed by atoms with Crippen LogP contribution in [0.4, 0.5) is 19.9 Å². The molecule has 2 aromatic rings. The van der Waals surface area contributed by atoms with Gasteiger partial charge in [-0.2, -0.15) is 0 Å². The zero-order valence-electron chi connectivity index (χ0n) is 15.3. The Hall–Kier alpha value is -2.61. The van der Waals surface area contributed by atoms with Gasteiger partial charge in [0.25, 0.3) is 0 Å². The normalized spacial score (nSPS) is 22.3. The molecule has 2 aliphatic rings.